The molecule has 1 fully saturated rings. The van der Waals surface area contributed by atoms with Gasteiger partial charge in [-0.05, 0) is 12.8 Å². The first-order chi connectivity index (χ1) is 4.11. The van der Waals surface area contributed by atoms with Crippen LogP contribution in [-0.4, -0.2) is 34.0 Å². The van der Waals surface area contributed by atoms with Crippen molar-refractivity contribution >= 4 is 0 Å². The van der Waals surface area contributed by atoms with Gasteiger partial charge in [0.1, 0.15) is 6.10 Å². The Balaban J connectivity index is 2.42. The maximum atomic E-state index is 8.50. The average molecular weight is 134 g/mol. The Morgan fingerprint density at radius 3 is 2.22 bits per heavy atom. The SMILES string of the molecule is OC(O)(O)C1CCCO1. The molecule has 1 saturated heterocycles. The van der Waals surface area contributed by atoms with Crippen molar-refractivity contribution in [3.8, 4) is 0 Å². The Hall–Kier alpha value is -0.160. The second-order valence-corrected chi connectivity index (χ2v) is 2.19. The summed E-state index contributed by atoms with van der Waals surface area (Å²) in [4.78, 5) is 0. The van der Waals surface area contributed by atoms with E-state index in [1.54, 1.807) is 0 Å². The summed E-state index contributed by atoms with van der Waals surface area (Å²) in [6.07, 6.45) is 0.454. The third-order valence-electron chi connectivity index (χ3n) is 1.36. The normalized spacial score (nSPS) is 29.0. The summed E-state index contributed by atoms with van der Waals surface area (Å²) in [6, 6.07) is 0. The van der Waals surface area contributed by atoms with Gasteiger partial charge in [0.2, 0.25) is 0 Å². The fourth-order valence-electron chi connectivity index (χ4n) is 0.883. The summed E-state index contributed by atoms with van der Waals surface area (Å²) < 4.78 is 4.77. The average Bonchev–Trinajstić information content (AvgIpc) is 2.08. The van der Waals surface area contributed by atoms with Gasteiger partial charge < -0.3 is 20.1 Å². The van der Waals surface area contributed by atoms with E-state index in [0.717, 1.165) is 6.42 Å². The summed E-state index contributed by atoms with van der Waals surface area (Å²) in [7, 11) is 0. The lowest BCUT2D eigenvalue weighted by molar-refractivity contribution is -0.354. The molecule has 1 aliphatic heterocycles. The van der Waals surface area contributed by atoms with Crippen LogP contribution in [0.2, 0.25) is 0 Å². The Labute approximate surface area is 52.7 Å². The molecule has 0 amide bonds. The molecule has 0 spiro atoms. The minimum Gasteiger partial charge on any atom is -0.370 e. The Morgan fingerprint density at radius 1 is 1.33 bits per heavy atom. The standard InChI is InChI=1S/C5H10O4/c6-5(7,8)4-2-1-3-9-4/h4,6-8H,1-3H2. The second kappa shape index (κ2) is 2.22. The molecule has 0 aromatic carbocycles. The molecular weight excluding hydrogens is 124 g/mol. The van der Waals surface area contributed by atoms with E-state index >= 15 is 0 Å². The maximum absolute atomic E-state index is 8.50. The number of aliphatic hydroxyl groups is 3. The molecule has 0 aromatic heterocycles. The van der Waals surface area contributed by atoms with Crippen molar-refractivity contribution < 1.29 is 20.1 Å². The van der Waals surface area contributed by atoms with Gasteiger partial charge >= 0.3 is 5.97 Å². The van der Waals surface area contributed by atoms with E-state index in [0.29, 0.717) is 13.0 Å². The zero-order valence-electron chi connectivity index (χ0n) is 4.95. The van der Waals surface area contributed by atoms with Crippen molar-refractivity contribution in [1.29, 1.82) is 0 Å². The molecule has 0 bridgehead atoms. The molecule has 1 aliphatic rings. The van der Waals surface area contributed by atoms with Crippen LogP contribution in [-0.2, 0) is 4.74 Å². The summed E-state index contributed by atoms with van der Waals surface area (Å²) in [5, 5.41) is 25.5. The van der Waals surface area contributed by atoms with E-state index in [9.17, 15) is 0 Å². The van der Waals surface area contributed by atoms with Crippen molar-refractivity contribution in [3.63, 3.8) is 0 Å². The molecule has 0 radical (unpaired) electrons. The fraction of sp³-hybridized carbons (Fsp3) is 1.00. The molecule has 1 heterocycles. The van der Waals surface area contributed by atoms with Crippen LogP contribution in [0.3, 0.4) is 0 Å². The molecule has 9 heavy (non-hydrogen) atoms. The van der Waals surface area contributed by atoms with Crippen LogP contribution in [0.4, 0.5) is 0 Å². The fourth-order valence-corrected chi connectivity index (χ4v) is 0.883. The predicted octanol–water partition coefficient (Wildman–Crippen LogP) is -1.20. The van der Waals surface area contributed by atoms with Crippen molar-refractivity contribution in [2.24, 2.45) is 0 Å². The minimum atomic E-state index is -2.64. The number of hydrogen-bond acceptors (Lipinski definition) is 4. The van der Waals surface area contributed by atoms with Crippen molar-refractivity contribution in [2.45, 2.75) is 24.9 Å². The molecule has 1 unspecified atom stereocenters. The van der Waals surface area contributed by atoms with Gasteiger partial charge in [-0.2, -0.15) is 0 Å². The highest BCUT2D eigenvalue weighted by molar-refractivity contribution is 4.70. The molecular formula is C5H10O4. The van der Waals surface area contributed by atoms with Crippen LogP contribution in [0.5, 0.6) is 0 Å². The molecule has 4 heteroatoms. The molecule has 1 atom stereocenters. The lowest BCUT2D eigenvalue weighted by atomic mass is 10.2. The van der Waals surface area contributed by atoms with Gasteiger partial charge in [-0.15, -0.1) is 0 Å². The van der Waals surface area contributed by atoms with E-state index < -0.39 is 12.1 Å². The topological polar surface area (TPSA) is 69.9 Å². The zero-order valence-corrected chi connectivity index (χ0v) is 4.95. The van der Waals surface area contributed by atoms with Crippen LogP contribution in [0.1, 0.15) is 12.8 Å². The molecule has 0 saturated carbocycles. The summed E-state index contributed by atoms with van der Waals surface area (Å²) >= 11 is 0. The molecule has 0 aromatic rings. The first-order valence-corrected chi connectivity index (χ1v) is 2.89. The number of hydrogen-bond donors (Lipinski definition) is 3. The molecule has 0 aliphatic carbocycles. The highest BCUT2D eigenvalue weighted by Crippen LogP contribution is 2.19. The third-order valence-corrected chi connectivity index (χ3v) is 1.36. The smallest absolute Gasteiger partial charge is 0.303 e. The second-order valence-electron chi connectivity index (χ2n) is 2.19. The van der Waals surface area contributed by atoms with E-state index in [1.165, 1.54) is 0 Å². The monoisotopic (exact) mass is 134 g/mol. The highest BCUT2D eigenvalue weighted by atomic mass is 16.7. The van der Waals surface area contributed by atoms with Gasteiger partial charge in [0.05, 0.1) is 0 Å². The largest absolute Gasteiger partial charge is 0.370 e. The van der Waals surface area contributed by atoms with E-state index in [4.69, 9.17) is 20.1 Å². The lowest BCUT2D eigenvalue weighted by Crippen LogP contribution is -2.41. The van der Waals surface area contributed by atoms with Gasteiger partial charge in [-0.1, -0.05) is 0 Å². The van der Waals surface area contributed by atoms with Gasteiger partial charge in [0.25, 0.3) is 0 Å². The van der Waals surface area contributed by atoms with Crippen LogP contribution in [0.15, 0.2) is 0 Å². The summed E-state index contributed by atoms with van der Waals surface area (Å²) in [5.74, 6) is -2.64. The maximum Gasteiger partial charge on any atom is 0.303 e. The van der Waals surface area contributed by atoms with E-state index in [2.05, 4.69) is 0 Å². The third kappa shape index (κ3) is 1.62. The Bertz CT molecular complexity index is 89.6. The van der Waals surface area contributed by atoms with Crippen molar-refractivity contribution in [3.05, 3.63) is 0 Å². The van der Waals surface area contributed by atoms with E-state index in [1.807, 2.05) is 0 Å². The molecule has 3 N–H and O–H groups in total. The summed E-state index contributed by atoms with van der Waals surface area (Å²) in [5.41, 5.74) is 0. The van der Waals surface area contributed by atoms with E-state index in [-0.39, 0.29) is 0 Å². The molecule has 54 valence electrons. The Morgan fingerprint density at radius 2 is 2.00 bits per heavy atom. The Kier molecular flexibility index (Phi) is 1.72. The quantitative estimate of drug-likeness (QED) is 0.394. The van der Waals surface area contributed by atoms with Crippen LogP contribution in [0.25, 0.3) is 0 Å². The van der Waals surface area contributed by atoms with Gasteiger partial charge in [0.15, 0.2) is 0 Å². The van der Waals surface area contributed by atoms with Crippen LogP contribution in [0, 0.1) is 0 Å². The highest BCUT2D eigenvalue weighted by Gasteiger charge is 2.35. The summed E-state index contributed by atoms with van der Waals surface area (Å²) in [6.45, 7) is 0.494. The van der Waals surface area contributed by atoms with Crippen molar-refractivity contribution in [1.82, 2.24) is 0 Å². The molecule has 1 rings (SSSR count). The van der Waals surface area contributed by atoms with Gasteiger partial charge in [0, 0.05) is 6.61 Å². The van der Waals surface area contributed by atoms with Crippen LogP contribution < -0.4 is 0 Å². The molecule has 4 nitrogen and oxygen atoms in total. The minimum absolute atomic E-state index is 0.494. The number of ether oxygens (including phenoxy) is 1. The van der Waals surface area contributed by atoms with Crippen molar-refractivity contribution in [2.75, 3.05) is 6.61 Å². The number of rotatable bonds is 1. The zero-order chi connectivity index (χ0) is 6.91. The van der Waals surface area contributed by atoms with Crippen LogP contribution >= 0.6 is 0 Å². The first-order valence-electron chi connectivity index (χ1n) is 2.89. The van der Waals surface area contributed by atoms with Gasteiger partial charge in [-0.3, -0.25) is 0 Å². The lowest BCUT2D eigenvalue weighted by Gasteiger charge is -2.19. The first kappa shape index (κ1) is 6.95. The van der Waals surface area contributed by atoms with Gasteiger partial charge in [-0.25, -0.2) is 0 Å². The predicted molar refractivity (Wildman–Crippen MR) is 28.4 cm³/mol.